The van der Waals surface area contributed by atoms with Gasteiger partial charge in [-0.05, 0) is 67.8 Å². The zero-order valence-electron chi connectivity index (χ0n) is 2.51. The van der Waals surface area contributed by atoms with Crippen molar-refractivity contribution < 1.29 is 0 Å². The van der Waals surface area contributed by atoms with Crippen LogP contribution in [0.15, 0.2) is 4.63 Å². The Kier molecular flexibility index (Phi) is 5.66. The molecule has 0 aromatic carbocycles. The highest BCUT2D eigenvalue weighted by Crippen LogP contribution is 2.27. The van der Waals surface area contributed by atoms with Gasteiger partial charge in [0.15, 0.2) is 0 Å². The molecule has 36 valence electrons. The van der Waals surface area contributed by atoms with Crippen LogP contribution in [0.1, 0.15) is 0 Å². The van der Waals surface area contributed by atoms with Crippen molar-refractivity contribution in [2.75, 3.05) is 0 Å². The minimum Gasteiger partial charge on any atom is -0.0755 e. The van der Waals surface area contributed by atoms with Crippen molar-refractivity contribution in [1.82, 2.24) is 0 Å². The van der Waals surface area contributed by atoms with Crippen molar-refractivity contribution >= 4 is 79.4 Å². The van der Waals surface area contributed by atoms with Gasteiger partial charge in [-0.25, -0.2) is 0 Å². The lowest BCUT2D eigenvalue weighted by Gasteiger charge is -1.77. The van der Waals surface area contributed by atoms with Gasteiger partial charge in [-0.15, -0.1) is 0 Å². The van der Waals surface area contributed by atoms with Crippen LogP contribution in [0.2, 0.25) is 0 Å². The van der Waals surface area contributed by atoms with Gasteiger partial charge in [0.2, 0.25) is 0 Å². The summed E-state index contributed by atoms with van der Waals surface area (Å²) in [7, 11) is 0. The lowest BCUT2D eigenvalue weighted by molar-refractivity contribution is 2.52. The van der Waals surface area contributed by atoms with Crippen LogP contribution in [0.4, 0.5) is 0 Å². The van der Waals surface area contributed by atoms with E-state index < -0.39 is 0 Å². The molecule has 0 saturated heterocycles. The zero-order chi connectivity index (χ0) is 5.15. The summed E-state index contributed by atoms with van der Waals surface area (Å²) in [6, 6.07) is 0. The summed E-state index contributed by atoms with van der Waals surface area (Å²) in [5, 5.41) is 0. The molecule has 0 aliphatic heterocycles. The van der Waals surface area contributed by atoms with Crippen LogP contribution in [-0.4, -0.2) is 0 Å². The van der Waals surface area contributed by atoms with E-state index in [1.807, 2.05) is 0 Å². The molecule has 0 atom stereocenters. The molecule has 0 aromatic heterocycles. The highest BCUT2D eigenvalue weighted by Gasteiger charge is 1.85. The zero-order valence-corrected chi connectivity index (χ0v) is 9.74. The molecule has 0 amide bonds. The van der Waals surface area contributed by atoms with Crippen molar-refractivity contribution in [2.45, 2.75) is 0 Å². The van der Waals surface area contributed by atoms with E-state index >= 15 is 0 Å². The molecule has 4 heteroatoms. The van der Waals surface area contributed by atoms with Crippen molar-refractivity contribution in [2.24, 2.45) is 0 Å². The van der Waals surface area contributed by atoms with Crippen LogP contribution >= 0.6 is 79.4 Å². The average Bonchev–Trinajstić information content (AvgIpc) is 1.36. The Morgan fingerprint density at radius 1 is 1.17 bits per heavy atom. The molecule has 0 aliphatic rings. The molecule has 0 rings (SSSR count). The maximum absolute atomic E-state index is 5.46. The van der Waals surface area contributed by atoms with Crippen molar-refractivity contribution in [3.63, 3.8) is 0 Å². The average molecular weight is 440 g/mol. The van der Waals surface area contributed by atoms with Gasteiger partial charge in [0.05, 0.1) is 4.63 Å². The van der Waals surface area contributed by atoms with E-state index in [2.05, 4.69) is 67.8 Å². The summed E-state index contributed by atoms with van der Waals surface area (Å²) in [6.45, 7) is 0. The highest BCUT2D eigenvalue weighted by atomic mass is 127. The molecule has 0 radical (unpaired) electrons. The molecule has 0 spiro atoms. The summed E-state index contributed by atoms with van der Waals surface area (Å²) in [5.74, 6) is 0. The normalized spacial score (nSPS) is 8.00. The second-order valence-corrected chi connectivity index (χ2v) is 6.84. The van der Waals surface area contributed by atoms with Gasteiger partial charge < -0.3 is 0 Å². The van der Waals surface area contributed by atoms with Gasteiger partial charge in [-0.1, -0.05) is 11.6 Å². The molecular weight excluding hydrogens is 440 g/mol. The first kappa shape index (κ1) is 8.22. The summed E-state index contributed by atoms with van der Waals surface area (Å²) >= 11 is 11.8. The maximum atomic E-state index is 5.46. The minimum atomic E-state index is 0.841. The fraction of sp³-hybridized carbons (Fsp3) is 0. The van der Waals surface area contributed by atoms with Crippen LogP contribution in [0.25, 0.3) is 0 Å². The third-order valence-corrected chi connectivity index (χ3v) is 4.65. The highest BCUT2D eigenvalue weighted by molar-refractivity contribution is 14.2. The fourth-order valence-electron chi connectivity index (χ4n) is 0. The van der Waals surface area contributed by atoms with Gasteiger partial charge >= 0.3 is 0 Å². The second-order valence-electron chi connectivity index (χ2n) is 0.521. The van der Waals surface area contributed by atoms with E-state index in [0.29, 0.717) is 0 Å². The van der Waals surface area contributed by atoms with E-state index in [4.69, 9.17) is 11.6 Å². The summed E-state index contributed by atoms with van der Waals surface area (Å²) in [4.78, 5) is 0. The first-order valence-electron chi connectivity index (χ1n) is 1.01. The second kappa shape index (κ2) is 4.13. The summed E-state index contributed by atoms with van der Waals surface area (Å²) in [5.41, 5.74) is 0. The van der Waals surface area contributed by atoms with Gasteiger partial charge in [0, 0.05) is 0 Å². The van der Waals surface area contributed by atoms with Crippen LogP contribution in [0.5, 0.6) is 0 Å². The smallest absolute Gasteiger partial charge is 0.0755 e. The fourth-order valence-corrected chi connectivity index (χ4v) is 0. The number of hydrogen-bond acceptors (Lipinski definition) is 0. The Balaban J connectivity index is 3.68. The lowest BCUT2D eigenvalue weighted by atomic mass is 11.3. The molecule has 6 heavy (non-hydrogen) atoms. The number of hydrogen-bond donors (Lipinski definition) is 0. The summed E-state index contributed by atoms with van der Waals surface area (Å²) < 4.78 is 1.96. The van der Waals surface area contributed by atoms with Gasteiger partial charge in [-0.3, -0.25) is 0 Å². The Morgan fingerprint density at radius 3 is 1.33 bits per heavy atom. The number of rotatable bonds is 0. The summed E-state index contributed by atoms with van der Waals surface area (Å²) in [6.07, 6.45) is 0. The SMILES string of the molecule is ClC(I)=C(I)I. The van der Waals surface area contributed by atoms with E-state index in [0.717, 1.165) is 4.63 Å². The lowest BCUT2D eigenvalue weighted by Crippen LogP contribution is -1.43. The molecule has 0 unspecified atom stereocenters. The van der Waals surface area contributed by atoms with Crippen LogP contribution < -0.4 is 0 Å². The first-order chi connectivity index (χ1) is 2.64. The molecule has 0 aromatic rings. The Morgan fingerprint density at radius 2 is 1.33 bits per heavy atom. The van der Waals surface area contributed by atoms with Crippen LogP contribution in [0.3, 0.4) is 0 Å². The predicted octanol–water partition coefficient (Wildman–Crippen LogP) is 3.66. The monoisotopic (exact) mass is 440 g/mol. The van der Waals surface area contributed by atoms with Crippen LogP contribution in [0, 0.1) is 0 Å². The Hall–Kier alpha value is 2.22. The quantitative estimate of drug-likeness (QED) is 0.505. The predicted molar refractivity (Wildman–Crippen MR) is 54.9 cm³/mol. The van der Waals surface area contributed by atoms with E-state index in [9.17, 15) is 0 Å². The van der Waals surface area contributed by atoms with E-state index in [1.54, 1.807) is 0 Å². The molecule has 0 aliphatic carbocycles. The molecule has 0 saturated carbocycles. The van der Waals surface area contributed by atoms with Crippen molar-refractivity contribution in [3.8, 4) is 0 Å². The van der Waals surface area contributed by atoms with E-state index in [1.165, 1.54) is 0 Å². The first-order valence-corrected chi connectivity index (χ1v) is 4.62. The minimum absolute atomic E-state index is 0.841. The topological polar surface area (TPSA) is 0 Å². The molecule has 0 nitrogen and oxygen atoms in total. The third kappa shape index (κ3) is 4.38. The van der Waals surface area contributed by atoms with Gasteiger partial charge in [0.25, 0.3) is 0 Å². The standard InChI is InChI=1S/C2ClI3/c3-1(4)2(5)6. The molecular formula is C2ClI3. The Labute approximate surface area is 82.5 Å². The van der Waals surface area contributed by atoms with Crippen molar-refractivity contribution in [3.05, 3.63) is 4.63 Å². The molecule has 0 N–H and O–H groups in total. The van der Waals surface area contributed by atoms with Crippen molar-refractivity contribution in [1.29, 1.82) is 0 Å². The third-order valence-electron chi connectivity index (χ3n) is 0.143. The van der Waals surface area contributed by atoms with E-state index in [-0.39, 0.29) is 0 Å². The molecule has 0 bridgehead atoms. The van der Waals surface area contributed by atoms with Crippen LogP contribution in [-0.2, 0) is 0 Å². The van der Waals surface area contributed by atoms with Gasteiger partial charge in [0.1, 0.15) is 0 Å². The maximum Gasteiger partial charge on any atom is 0.0983 e. The molecule has 0 fully saturated rings. The van der Waals surface area contributed by atoms with Gasteiger partial charge in [-0.2, -0.15) is 0 Å². The number of halogens is 4. The largest absolute Gasteiger partial charge is 0.0983 e. The molecule has 0 heterocycles. The Bertz CT molecular complexity index is 58.9.